The first kappa shape index (κ1) is 11.8. The second-order valence-electron chi connectivity index (χ2n) is 4.60. The average molecular weight is 258 g/mol. The zero-order chi connectivity index (χ0) is 13.2. The van der Waals surface area contributed by atoms with Crippen LogP contribution in [0.25, 0.3) is 0 Å². The summed E-state index contributed by atoms with van der Waals surface area (Å²) < 4.78 is 10.4. The second kappa shape index (κ2) is 4.76. The maximum Gasteiger partial charge on any atom is 0.271 e. The predicted molar refractivity (Wildman–Crippen MR) is 70.5 cm³/mol. The van der Waals surface area contributed by atoms with Gasteiger partial charge in [-0.3, -0.25) is 4.79 Å². The largest absolute Gasteiger partial charge is 0.454 e. The predicted octanol–water partition coefficient (Wildman–Crippen LogP) is 2.24. The molecule has 0 fully saturated rings. The normalized spacial score (nSPS) is 18.6. The molecule has 0 saturated heterocycles. The van der Waals surface area contributed by atoms with Gasteiger partial charge < -0.3 is 9.47 Å². The Morgan fingerprint density at radius 1 is 1.26 bits per heavy atom. The molecule has 1 amide bonds. The summed E-state index contributed by atoms with van der Waals surface area (Å²) in [5.41, 5.74) is 5.26. The average Bonchev–Trinajstić information content (AvgIpc) is 3.03. The molecule has 3 rings (SSSR count). The van der Waals surface area contributed by atoms with Gasteiger partial charge in [-0.25, -0.2) is 5.43 Å². The van der Waals surface area contributed by atoms with Crippen LogP contribution in [0.2, 0.25) is 0 Å². The molecule has 0 atom stereocenters. The SMILES string of the molecule is CC1=C/C(=N/NC(=O)c2ccc3c(c2)OCO3)CC1. The van der Waals surface area contributed by atoms with Crippen LogP contribution in [0.15, 0.2) is 34.9 Å². The zero-order valence-corrected chi connectivity index (χ0v) is 10.6. The van der Waals surface area contributed by atoms with Crippen molar-refractivity contribution in [3.8, 4) is 11.5 Å². The molecule has 1 aromatic carbocycles. The van der Waals surface area contributed by atoms with Crippen LogP contribution in [-0.4, -0.2) is 18.4 Å². The van der Waals surface area contributed by atoms with Crippen LogP contribution in [0.3, 0.4) is 0 Å². The molecule has 0 unspecified atom stereocenters. The van der Waals surface area contributed by atoms with Crippen molar-refractivity contribution in [1.82, 2.24) is 5.43 Å². The van der Waals surface area contributed by atoms with Gasteiger partial charge in [-0.15, -0.1) is 0 Å². The summed E-state index contributed by atoms with van der Waals surface area (Å²) in [6, 6.07) is 5.08. The summed E-state index contributed by atoms with van der Waals surface area (Å²) in [4.78, 5) is 11.9. The molecule has 0 saturated carbocycles. The Morgan fingerprint density at radius 3 is 2.89 bits per heavy atom. The van der Waals surface area contributed by atoms with Crippen LogP contribution in [0.4, 0.5) is 0 Å². The number of benzene rings is 1. The monoisotopic (exact) mass is 258 g/mol. The first-order chi connectivity index (χ1) is 9.22. The molecule has 5 heteroatoms. The molecule has 0 radical (unpaired) electrons. The molecule has 2 aliphatic rings. The lowest BCUT2D eigenvalue weighted by Crippen LogP contribution is -2.18. The summed E-state index contributed by atoms with van der Waals surface area (Å²) in [5.74, 6) is 1.01. The number of carbonyl (C=O) groups is 1. The molecule has 1 aliphatic heterocycles. The van der Waals surface area contributed by atoms with Crippen LogP contribution in [-0.2, 0) is 0 Å². The van der Waals surface area contributed by atoms with E-state index in [-0.39, 0.29) is 12.7 Å². The third-order valence-electron chi connectivity index (χ3n) is 3.12. The van der Waals surface area contributed by atoms with E-state index in [1.54, 1.807) is 18.2 Å². The van der Waals surface area contributed by atoms with Crippen molar-refractivity contribution in [3.63, 3.8) is 0 Å². The maximum absolute atomic E-state index is 11.9. The van der Waals surface area contributed by atoms with E-state index in [2.05, 4.69) is 17.5 Å². The first-order valence-electron chi connectivity index (χ1n) is 6.16. The van der Waals surface area contributed by atoms with E-state index >= 15 is 0 Å². The van der Waals surface area contributed by atoms with Gasteiger partial charge in [0.15, 0.2) is 11.5 Å². The number of amides is 1. The number of allylic oxidation sites excluding steroid dienone is 2. The number of hydrazone groups is 1. The Balaban J connectivity index is 1.71. The Bertz CT molecular complexity index is 590. The maximum atomic E-state index is 11.9. The quantitative estimate of drug-likeness (QED) is 0.827. The minimum absolute atomic E-state index is 0.201. The molecule has 98 valence electrons. The van der Waals surface area contributed by atoms with Gasteiger partial charge in [-0.2, -0.15) is 5.10 Å². The van der Waals surface area contributed by atoms with Crippen molar-refractivity contribution in [1.29, 1.82) is 0 Å². The van der Waals surface area contributed by atoms with Gasteiger partial charge in [0.2, 0.25) is 6.79 Å². The first-order valence-corrected chi connectivity index (χ1v) is 6.16. The highest BCUT2D eigenvalue weighted by Gasteiger charge is 2.16. The molecule has 1 aromatic rings. The van der Waals surface area contributed by atoms with Crippen molar-refractivity contribution in [3.05, 3.63) is 35.4 Å². The topological polar surface area (TPSA) is 59.9 Å². The standard InChI is InChI=1S/C14H14N2O3/c1-9-2-4-11(6-9)15-16-14(17)10-3-5-12-13(7-10)19-8-18-12/h3,5-7H,2,4,8H2,1H3,(H,16,17)/b15-11+. The Morgan fingerprint density at radius 2 is 2.11 bits per heavy atom. The van der Waals surface area contributed by atoms with Crippen molar-refractivity contribution >= 4 is 11.6 Å². The van der Waals surface area contributed by atoms with Gasteiger partial charge in [0, 0.05) is 5.56 Å². The van der Waals surface area contributed by atoms with E-state index in [0.29, 0.717) is 17.1 Å². The fraction of sp³-hybridized carbons (Fsp3) is 0.286. The lowest BCUT2D eigenvalue weighted by Gasteiger charge is -2.02. The van der Waals surface area contributed by atoms with Crippen LogP contribution in [0.1, 0.15) is 30.1 Å². The Kier molecular flexibility index (Phi) is 2.95. The number of hydrogen-bond acceptors (Lipinski definition) is 4. The van der Waals surface area contributed by atoms with Gasteiger partial charge >= 0.3 is 0 Å². The molecule has 1 N–H and O–H groups in total. The summed E-state index contributed by atoms with van der Waals surface area (Å²) in [6.07, 6.45) is 3.89. The summed E-state index contributed by atoms with van der Waals surface area (Å²) in [5, 5.41) is 4.11. The third-order valence-corrected chi connectivity index (χ3v) is 3.12. The third kappa shape index (κ3) is 2.45. The number of carbonyl (C=O) groups excluding carboxylic acids is 1. The number of ether oxygens (including phenoxy) is 2. The van der Waals surface area contributed by atoms with Crippen LogP contribution in [0.5, 0.6) is 11.5 Å². The minimum atomic E-state index is -0.247. The zero-order valence-electron chi connectivity index (χ0n) is 10.6. The minimum Gasteiger partial charge on any atom is -0.454 e. The molecular weight excluding hydrogens is 244 g/mol. The van der Waals surface area contributed by atoms with E-state index in [1.165, 1.54) is 5.57 Å². The van der Waals surface area contributed by atoms with Crippen LogP contribution in [0, 0.1) is 0 Å². The second-order valence-corrected chi connectivity index (χ2v) is 4.60. The van der Waals surface area contributed by atoms with Crippen molar-refractivity contribution in [2.45, 2.75) is 19.8 Å². The Labute approximate surface area is 110 Å². The van der Waals surface area contributed by atoms with Gasteiger partial charge in [-0.05, 0) is 44.0 Å². The van der Waals surface area contributed by atoms with Gasteiger partial charge in [0.1, 0.15) is 0 Å². The van der Waals surface area contributed by atoms with E-state index in [0.717, 1.165) is 18.6 Å². The molecular formula is C14H14N2O3. The lowest BCUT2D eigenvalue weighted by atomic mass is 10.2. The van der Waals surface area contributed by atoms with Gasteiger partial charge in [-0.1, -0.05) is 5.57 Å². The Hall–Kier alpha value is -2.30. The van der Waals surface area contributed by atoms with Gasteiger partial charge in [0.25, 0.3) is 5.91 Å². The number of hydrogen-bond donors (Lipinski definition) is 1. The molecule has 1 aliphatic carbocycles. The summed E-state index contributed by atoms with van der Waals surface area (Å²) in [7, 11) is 0. The number of nitrogens with one attached hydrogen (secondary N) is 1. The van der Waals surface area contributed by atoms with E-state index in [1.807, 2.05) is 6.08 Å². The summed E-state index contributed by atoms with van der Waals surface area (Å²) >= 11 is 0. The number of nitrogens with zero attached hydrogens (tertiary/aromatic N) is 1. The lowest BCUT2D eigenvalue weighted by molar-refractivity contribution is 0.0954. The molecule has 1 heterocycles. The number of fused-ring (bicyclic) bond motifs is 1. The highest BCUT2D eigenvalue weighted by Crippen LogP contribution is 2.32. The smallest absolute Gasteiger partial charge is 0.271 e. The van der Waals surface area contributed by atoms with E-state index < -0.39 is 0 Å². The van der Waals surface area contributed by atoms with Crippen LogP contribution < -0.4 is 14.9 Å². The van der Waals surface area contributed by atoms with E-state index in [9.17, 15) is 4.79 Å². The van der Waals surface area contributed by atoms with E-state index in [4.69, 9.17) is 9.47 Å². The fourth-order valence-corrected chi connectivity index (χ4v) is 2.07. The van der Waals surface area contributed by atoms with Crippen molar-refractivity contribution in [2.24, 2.45) is 5.10 Å². The molecule has 19 heavy (non-hydrogen) atoms. The summed E-state index contributed by atoms with van der Waals surface area (Å²) in [6.45, 7) is 2.26. The molecule has 0 spiro atoms. The van der Waals surface area contributed by atoms with Gasteiger partial charge in [0.05, 0.1) is 5.71 Å². The highest BCUT2D eigenvalue weighted by atomic mass is 16.7. The van der Waals surface area contributed by atoms with Crippen molar-refractivity contribution < 1.29 is 14.3 Å². The molecule has 0 aromatic heterocycles. The van der Waals surface area contributed by atoms with Crippen LogP contribution >= 0.6 is 0 Å². The van der Waals surface area contributed by atoms with Crippen molar-refractivity contribution in [2.75, 3.05) is 6.79 Å². The molecule has 0 bridgehead atoms. The fourth-order valence-electron chi connectivity index (χ4n) is 2.07. The number of rotatable bonds is 2. The highest BCUT2D eigenvalue weighted by molar-refractivity contribution is 6.00. The molecule has 5 nitrogen and oxygen atoms in total.